The van der Waals surface area contributed by atoms with E-state index in [0.29, 0.717) is 31.8 Å². The minimum Gasteiger partial charge on any atom is -0.492 e. The fourth-order valence-corrected chi connectivity index (χ4v) is 1.81. The molecule has 0 atom stereocenters. The summed E-state index contributed by atoms with van der Waals surface area (Å²) in [5.74, 6) is 0.842. The molecule has 1 heterocycles. The number of hydrogen-bond acceptors (Lipinski definition) is 4. The van der Waals surface area contributed by atoms with E-state index in [1.165, 1.54) is 0 Å². The first-order valence-electron chi connectivity index (χ1n) is 6.00. The summed E-state index contributed by atoms with van der Waals surface area (Å²) in [6, 6.07) is 3.92. The van der Waals surface area contributed by atoms with Gasteiger partial charge in [0.25, 0.3) is 0 Å². The highest BCUT2D eigenvalue weighted by molar-refractivity contribution is 9.08. The average Bonchev–Trinajstić information content (AvgIpc) is 2.39. The molecule has 102 valence electrons. The molecule has 0 aliphatic carbocycles. The van der Waals surface area contributed by atoms with Crippen LogP contribution < -0.4 is 4.74 Å². The lowest BCUT2D eigenvalue weighted by Crippen LogP contribution is -2.07. The second-order valence-corrected chi connectivity index (χ2v) is 4.40. The number of hydrogen-bond donors (Lipinski definition) is 0. The summed E-state index contributed by atoms with van der Waals surface area (Å²) in [6.07, 6.45) is 0.860. The lowest BCUT2D eigenvalue weighted by atomic mass is 10.3. The van der Waals surface area contributed by atoms with Crippen LogP contribution >= 0.6 is 15.9 Å². The predicted octanol–water partition coefficient (Wildman–Crippen LogP) is 2.72. The topological polar surface area (TPSA) is 40.6 Å². The van der Waals surface area contributed by atoms with Gasteiger partial charge in [0, 0.05) is 31.2 Å². The summed E-state index contributed by atoms with van der Waals surface area (Å²) in [6.45, 7) is 4.56. The third-order valence-electron chi connectivity index (χ3n) is 2.32. The number of alkyl halides is 1. The summed E-state index contributed by atoms with van der Waals surface area (Å²) in [5.41, 5.74) is 1.94. The molecule has 0 fully saturated rings. The van der Waals surface area contributed by atoms with Crippen LogP contribution in [0, 0.1) is 6.92 Å². The molecule has 18 heavy (non-hydrogen) atoms. The molecule has 1 aromatic heterocycles. The first kappa shape index (κ1) is 15.4. The van der Waals surface area contributed by atoms with Crippen molar-refractivity contribution >= 4 is 15.9 Å². The maximum Gasteiger partial charge on any atom is 0.141 e. The van der Waals surface area contributed by atoms with E-state index in [0.717, 1.165) is 23.6 Å². The normalized spacial score (nSPS) is 10.6. The van der Waals surface area contributed by atoms with Crippen LogP contribution in [-0.4, -0.2) is 38.5 Å². The van der Waals surface area contributed by atoms with Crippen LogP contribution in [-0.2, 0) is 14.8 Å². The number of aryl methyl sites for hydroxylation is 1. The van der Waals surface area contributed by atoms with Gasteiger partial charge in [-0.15, -0.1) is 0 Å². The Labute approximate surface area is 117 Å². The summed E-state index contributed by atoms with van der Waals surface area (Å²) < 4.78 is 15.9. The number of nitrogens with zero attached hydrogens (tertiary/aromatic N) is 1. The second kappa shape index (κ2) is 9.30. The zero-order chi connectivity index (χ0) is 13.2. The molecule has 0 aliphatic heterocycles. The standard InChI is InChI=1S/C13H20BrNO3/c1-11-4-5-13(12(10-14)15-11)18-7-3-6-17-9-8-16-2/h4-5H,3,6-10H2,1-2H3. The van der Waals surface area contributed by atoms with Crippen molar-refractivity contribution in [1.29, 1.82) is 0 Å². The van der Waals surface area contributed by atoms with Gasteiger partial charge in [-0.25, -0.2) is 0 Å². The van der Waals surface area contributed by atoms with Crippen LogP contribution in [0.25, 0.3) is 0 Å². The Hall–Kier alpha value is -0.650. The smallest absolute Gasteiger partial charge is 0.141 e. The summed E-state index contributed by atoms with van der Waals surface area (Å²) in [4.78, 5) is 4.41. The van der Waals surface area contributed by atoms with E-state index >= 15 is 0 Å². The highest BCUT2D eigenvalue weighted by Gasteiger charge is 2.04. The van der Waals surface area contributed by atoms with Gasteiger partial charge in [0.1, 0.15) is 5.75 Å². The summed E-state index contributed by atoms with van der Waals surface area (Å²) in [5, 5.41) is 0.703. The molecule has 0 saturated carbocycles. The van der Waals surface area contributed by atoms with Gasteiger partial charge in [-0.3, -0.25) is 4.98 Å². The Bertz CT molecular complexity index is 347. The van der Waals surface area contributed by atoms with E-state index in [-0.39, 0.29) is 0 Å². The van der Waals surface area contributed by atoms with E-state index in [2.05, 4.69) is 20.9 Å². The number of rotatable bonds is 9. The maximum absolute atomic E-state index is 5.69. The first-order chi connectivity index (χ1) is 8.77. The zero-order valence-corrected chi connectivity index (χ0v) is 12.5. The van der Waals surface area contributed by atoms with Crippen molar-refractivity contribution in [1.82, 2.24) is 4.98 Å². The van der Waals surface area contributed by atoms with Crippen molar-refractivity contribution < 1.29 is 14.2 Å². The van der Waals surface area contributed by atoms with Gasteiger partial charge in [0.2, 0.25) is 0 Å². The van der Waals surface area contributed by atoms with Gasteiger partial charge in [-0.05, 0) is 19.1 Å². The molecule has 0 amide bonds. The van der Waals surface area contributed by atoms with Gasteiger partial charge in [-0.1, -0.05) is 15.9 Å². The number of halogens is 1. The van der Waals surface area contributed by atoms with Gasteiger partial charge < -0.3 is 14.2 Å². The van der Waals surface area contributed by atoms with Crippen LogP contribution in [0.2, 0.25) is 0 Å². The van der Waals surface area contributed by atoms with Gasteiger partial charge >= 0.3 is 0 Å². The van der Waals surface area contributed by atoms with Crippen LogP contribution in [0.4, 0.5) is 0 Å². The van der Waals surface area contributed by atoms with Gasteiger partial charge in [0.15, 0.2) is 0 Å². The van der Waals surface area contributed by atoms with Crippen LogP contribution in [0.5, 0.6) is 5.75 Å². The molecule has 1 aromatic rings. The lowest BCUT2D eigenvalue weighted by molar-refractivity contribution is 0.0644. The predicted molar refractivity (Wildman–Crippen MR) is 74.4 cm³/mol. The van der Waals surface area contributed by atoms with Crippen molar-refractivity contribution in [2.75, 3.05) is 33.5 Å². The van der Waals surface area contributed by atoms with Crippen molar-refractivity contribution in [3.8, 4) is 5.75 Å². The number of methoxy groups -OCH3 is 1. The fourth-order valence-electron chi connectivity index (χ4n) is 1.41. The Morgan fingerprint density at radius 2 is 2.00 bits per heavy atom. The van der Waals surface area contributed by atoms with Crippen LogP contribution in [0.3, 0.4) is 0 Å². The third-order valence-corrected chi connectivity index (χ3v) is 2.85. The van der Waals surface area contributed by atoms with E-state index in [1.807, 2.05) is 19.1 Å². The molecule has 5 heteroatoms. The second-order valence-electron chi connectivity index (χ2n) is 3.84. The maximum atomic E-state index is 5.69. The van der Waals surface area contributed by atoms with E-state index in [1.54, 1.807) is 7.11 Å². The minimum absolute atomic E-state index is 0.634. The SMILES string of the molecule is COCCOCCCOc1ccc(C)nc1CBr. The number of aromatic nitrogens is 1. The Balaban J connectivity index is 2.22. The molecule has 0 radical (unpaired) electrons. The van der Waals surface area contributed by atoms with Gasteiger partial charge in [-0.2, -0.15) is 0 Å². The average molecular weight is 318 g/mol. The fraction of sp³-hybridized carbons (Fsp3) is 0.615. The molecule has 0 bridgehead atoms. The first-order valence-corrected chi connectivity index (χ1v) is 7.12. The molecule has 0 aliphatic rings. The molecule has 0 spiro atoms. The van der Waals surface area contributed by atoms with Crippen LogP contribution in [0.1, 0.15) is 17.8 Å². The highest BCUT2D eigenvalue weighted by Crippen LogP contribution is 2.19. The summed E-state index contributed by atoms with van der Waals surface area (Å²) in [7, 11) is 1.67. The van der Waals surface area contributed by atoms with Crippen LogP contribution in [0.15, 0.2) is 12.1 Å². The molecular weight excluding hydrogens is 298 g/mol. The molecule has 0 N–H and O–H groups in total. The number of pyridine rings is 1. The Morgan fingerprint density at radius 3 is 2.72 bits per heavy atom. The van der Waals surface area contributed by atoms with E-state index in [4.69, 9.17) is 14.2 Å². The van der Waals surface area contributed by atoms with Crippen molar-refractivity contribution in [3.63, 3.8) is 0 Å². The van der Waals surface area contributed by atoms with Crippen molar-refractivity contribution in [2.24, 2.45) is 0 Å². The zero-order valence-electron chi connectivity index (χ0n) is 10.9. The largest absolute Gasteiger partial charge is 0.492 e. The van der Waals surface area contributed by atoms with E-state index < -0.39 is 0 Å². The van der Waals surface area contributed by atoms with E-state index in [9.17, 15) is 0 Å². The van der Waals surface area contributed by atoms with Crippen molar-refractivity contribution in [3.05, 3.63) is 23.5 Å². The molecule has 1 rings (SSSR count). The minimum atomic E-state index is 0.634. The lowest BCUT2D eigenvalue weighted by Gasteiger charge is -2.10. The number of ether oxygens (including phenoxy) is 3. The molecule has 0 unspecified atom stereocenters. The molecule has 4 nitrogen and oxygen atoms in total. The van der Waals surface area contributed by atoms with Crippen molar-refractivity contribution in [2.45, 2.75) is 18.7 Å². The highest BCUT2D eigenvalue weighted by atomic mass is 79.9. The quantitative estimate of drug-likeness (QED) is 0.518. The third kappa shape index (κ3) is 5.80. The van der Waals surface area contributed by atoms with Gasteiger partial charge in [0.05, 0.1) is 25.5 Å². The Morgan fingerprint density at radius 1 is 1.17 bits per heavy atom. The molecule has 0 saturated heterocycles. The Kier molecular flexibility index (Phi) is 7.96. The summed E-state index contributed by atoms with van der Waals surface area (Å²) >= 11 is 3.41. The molecular formula is C13H20BrNO3. The monoisotopic (exact) mass is 317 g/mol. The molecule has 0 aromatic carbocycles.